The van der Waals surface area contributed by atoms with E-state index in [-0.39, 0.29) is 30.2 Å². The number of nitro benzene ring substituents is 1. The van der Waals surface area contributed by atoms with Gasteiger partial charge in [0.2, 0.25) is 0 Å². The minimum absolute atomic E-state index is 0.0228. The first kappa shape index (κ1) is 21.4. The van der Waals surface area contributed by atoms with Crippen molar-refractivity contribution in [1.82, 2.24) is 0 Å². The van der Waals surface area contributed by atoms with Crippen molar-refractivity contribution in [3.8, 4) is 17.2 Å². The molecule has 0 radical (unpaired) electrons. The molecule has 0 unspecified atom stereocenters. The lowest BCUT2D eigenvalue weighted by molar-refractivity contribution is -0.384. The van der Waals surface area contributed by atoms with Gasteiger partial charge in [-0.1, -0.05) is 31.4 Å². The van der Waals surface area contributed by atoms with Gasteiger partial charge in [-0.3, -0.25) is 14.9 Å². The lowest BCUT2D eigenvalue weighted by Gasteiger charge is -2.15. The molecule has 0 aliphatic heterocycles. The van der Waals surface area contributed by atoms with E-state index in [0.29, 0.717) is 22.8 Å². The normalized spacial score (nSPS) is 10.4. The third kappa shape index (κ3) is 5.80. The molecule has 0 bridgehead atoms. The Balaban J connectivity index is 2.36. The van der Waals surface area contributed by atoms with Gasteiger partial charge >= 0.3 is 0 Å². The summed E-state index contributed by atoms with van der Waals surface area (Å²) in [4.78, 5) is 23.1. The van der Waals surface area contributed by atoms with Gasteiger partial charge in [-0.2, -0.15) is 0 Å². The second kappa shape index (κ2) is 10.5. The highest BCUT2D eigenvalue weighted by molar-refractivity contribution is 6.10. The number of nitrogens with zero attached hydrogens (tertiary/aromatic N) is 1. The van der Waals surface area contributed by atoms with Crippen LogP contribution in [0.2, 0.25) is 0 Å². The third-order valence-electron chi connectivity index (χ3n) is 3.76. The van der Waals surface area contributed by atoms with E-state index in [2.05, 4.69) is 13.2 Å². The molecule has 7 heteroatoms. The van der Waals surface area contributed by atoms with E-state index in [0.717, 1.165) is 0 Å². The summed E-state index contributed by atoms with van der Waals surface area (Å²) < 4.78 is 16.5. The second-order valence-corrected chi connectivity index (χ2v) is 5.74. The number of non-ortho nitro benzene ring substituents is 1. The highest BCUT2D eigenvalue weighted by atomic mass is 16.6. The number of carbonyl (C=O) groups excluding carboxylic acids is 1. The molecule has 0 atom stereocenters. The Morgan fingerprint density at radius 1 is 1.07 bits per heavy atom. The molecule has 150 valence electrons. The Bertz CT molecular complexity index is 931. The number of rotatable bonds is 11. The SMILES string of the molecule is C=CCOc1cc(OC)c(C(=O)/C=C/c2ccc([N+](=O)[O-])cc2)c(OCC=C)c1. The number of hydrogen-bond acceptors (Lipinski definition) is 6. The Kier molecular flexibility index (Phi) is 7.73. The molecule has 0 aliphatic rings. The van der Waals surface area contributed by atoms with Crippen molar-refractivity contribution in [2.45, 2.75) is 0 Å². The first-order valence-electron chi connectivity index (χ1n) is 8.66. The summed E-state index contributed by atoms with van der Waals surface area (Å²) in [7, 11) is 1.45. The molecule has 0 saturated carbocycles. The van der Waals surface area contributed by atoms with E-state index < -0.39 is 4.92 Å². The van der Waals surface area contributed by atoms with Crippen LogP contribution in [0.4, 0.5) is 5.69 Å². The highest BCUT2D eigenvalue weighted by Crippen LogP contribution is 2.35. The molecule has 2 rings (SSSR count). The molecule has 0 aliphatic carbocycles. The maximum atomic E-state index is 12.8. The van der Waals surface area contributed by atoms with Gasteiger partial charge in [-0.05, 0) is 23.8 Å². The van der Waals surface area contributed by atoms with Crippen LogP contribution in [0.3, 0.4) is 0 Å². The van der Waals surface area contributed by atoms with E-state index in [1.807, 2.05) is 0 Å². The summed E-state index contributed by atoms with van der Waals surface area (Å²) in [5.41, 5.74) is 0.853. The van der Waals surface area contributed by atoms with Crippen LogP contribution in [0, 0.1) is 10.1 Å². The highest BCUT2D eigenvalue weighted by Gasteiger charge is 2.19. The standard InChI is InChI=1S/C22H21NO6/c1-4-12-28-18-14-20(27-3)22(21(15-18)29-13-5-2)19(24)11-8-16-6-9-17(10-7-16)23(25)26/h4-11,14-15H,1-2,12-13H2,3H3/b11-8+. The van der Waals surface area contributed by atoms with Gasteiger partial charge in [-0.15, -0.1) is 0 Å². The average molecular weight is 395 g/mol. The second-order valence-electron chi connectivity index (χ2n) is 5.74. The van der Waals surface area contributed by atoms with Gasteiger partial charge in [0.1, 0.15) is 36.0 Å². The molecule has 29 heavy (non-hydrogen) atoms. The predicted octanol–water partition coefficient (Wildman–Crippen LogP) is 4.63. The molecule has 0 spiro atoms. The molecule has 7 nitrogen and oxygen atoms in total. The van der Waals surface area contributed by atoms with Crippen LogP contribution in [-0.4, -0.2) is 31.0 Å². The molecule has 0 fully saturated rings. The average Bonchev–Trinajstić information content (AvgIpc) is 2.74. The monoisotopic (exact) mass is 395 g/mol. The maximum absolute atomic E-state index is 12.8. The molecule has 0 saturated heterocycles. The Morgan fingerprint density at radius 3 is 2.28 bits per heavy atom. The van der Waals surface area contributed by atoms with E-state index in [9.17, 15) is 14.9 Å². The van der Waals surface area contributed by atoms with Crippen molar-refractivity contribution in [2.75, 3.05) is 20.3 Å². The minimum atomic E-state index is -0.483. The number of ether oxygens (including phenoxy) is 3. The van der Waals surface area contributed by atoms with Crippen molar-refractivity contribution in [3.05, 3.63) is 89.0 Å². The topological polar surface area (TPSA) is 87.9 Å². The fourth-order valence-electron chi connectivity index (χ4n) is 2.43. The zero-order chi connectivity index (χ0) is 21.2. The van der Waals surface area contributed by atoms with Crippen LogP contribution in [-0.2, 0) is 0 Å². The van der Waals surface area contributed by atoms with Crippen molar-refractivity contribution in [3.63, 3.8) is 0 Å². The van der Waals surface area contributed by atoms with Crippen LogP contribution < -0.4 is 14.2 Å². The summed E-state index contributed by atoms with van der Waals surface area (Å²) >= 11 is 0. The molecule has 2 aromatic rings. The first-order valence-corrected chi connectivity index (χ1v) is 8.66. The fourth-order valence-corrected chi connectivity index (χ4v) is 2.43. The summed E-state index contributed by atoms with van der Waals surface area (Å²) in [6.45, 7) is 7.70. The van der Waals surface area contributed by atoms with Crippen molar-refractivity contribution < 1.29 is 23.9 Å². The zero-order valence-corrected chi connectivity index (χ0v) is 16.0. The van der Waals surface area contributed by atoms with E-state index in [4.69, 9.17) is 14.2 Å². The van der Waals surface area contributed by atoms with Gasteiger partial charge in [0.05, 0.1) is 12.0 Å². The fraction of sp³-hybridized carbons (Fsp3) is 0.136. The van der Waals surface area contributed by atoms with Crippen molar-refractivity contribution in [2.24, 2.45) is 0 Å². The number of methoxy groups -OCH3 is 1. The van der Waals surface area contributed by atoms with E-state index in [1.165, 1.54) is 25.3 Å². The number of benzene rings is 2. The number of ketones is 1. The third-order valence-corrected chi connectivity index (χ3v) is 3.76. The van der Waals surface area contributed by atoms with Crippen LogP contribution in [0.25, 0.3) is 6.08 Å². The van der Waals surface area contributed by atoms with E-state index >= 15 is 0 Å². The first-order chi connectivity index (χ1) is 14.0. The van der Waals surface area contributed by atoms with Crippen LogP contribution in [0.5, 0.6) is 17.2 Å². The Morgan fingerprint density at radius 2 is 1.69 bits per heavy atom. The molecule has 0 heterocycles. The molecular formula is C22H21NO6. The largest absolute Gasteiger partial charge is 0.496 e. The van der Waals surface area contributed by atoms with E-state index in [1.54, 1.807) is 42.5 Å². The lowest BCUT2D eigenvalue weighted by Crippen LogP contribution is -2.06. The van der Waals surface area contributed by atoms with Gasteiger partial charge in [0.15, 0.2) is 5.78 Å². The lowest BCUT2D eigenvalue weighted by atomic mass is 10.1. The Labute approximate surface area is 168 Å². The molecule has 0 amide bonds. The minimum Gasteiger partial charge on any atom is -0.496 e. The molecule has 0 N–H and O–H groups in total. The maximum Gasteiger partial charge on any atom is 0.269 e. The van der Waals surface area contributed by atoms with Crippen LogP contribution >= 0.6 is 0 Å². The summed E-state index contributed by atoms with van der Waals surface area (Å²) in [6.07, 6.45) is 6.07. The molecule has 0 aromatic heterocycles. The quantitative estimate of drug-likeness (QED) is 0.181. The van der Waals surface area contributed by atoms with Crippen LogP contribution in [0.15, 0.2) is 67.8 Å². The van der Waals surface area contributed by atoms with Gasteiger partial charge in [-0.25, -0.2) is 0 Å². The molecule has 2 aromatic carbocycles. The predicted molar refractivity (Wildman–Crippen MR) is 111 cm³/mol. The smallest absolute Gasteiger partial charge is 0.269 e. The number of hydrogen-bond donors (Lipinski definition) is 0. The van der Waals surface area contributed by atoms with Gasteiger partial charge < -0.3 is 14.2 Å². The summed E-state index contributed by atoms with van der Waals surface area (Å²) in [5.74, 6) is 0.705. The van der Waals surface area contributed by atoms with Gasteiger partial charge in [0, 0.05) is 24.3 Å². The number of nitro groups is 1. The zero-order valence-electron chi connectivity index (χ0n) is 16.0. The van der Waals surface area contributed by atoms with Crippen molar-refractivity contribution in [1.29, 1.82) is 0 Å². The summed E-state index contributed by atoms with van der Waals surface area (Å²) in [5, 5.41) is 10.7. The van der Waals surface area contributed by atoms with Crippen molar-refractivity contribution >= 4 is 17.5 Å². The number of allylic oxidation sites excluding steroid dienone is 1. The Hall–Kier alpha value is -3.87. The number of carbonyl (C=O) groups is 1. The van der Waals surface area contributed by atoms with Crippen LogP contribution in [0.1, 0.15) is 15.9 Å². The molecular weight excluding hydrogens is 374 g/mol. The van der Waals surface area contributed by atoms with Gasteiger partial charge in [0.25, 0.3) is 5.69 Å². The summed E-state index contributed by atoms with van der Waals surface area (Å²) in [6, 6.07) is 9.05.